The Bertz CT molecular complexity index is 1130. The van der Waals surface area contributed by atoms with Crippen LogP contribution in [0.3, 0.4) is 0 Å². The summed E-state index contributed by atoms with van der Waals surface area (Å²) in [5.41, 5.74) is 4.18. The van der Waals surface area contributed by atoms with Crippen LogP contribution in [0.5, 0.6) is 0 Å². The molecule has 0 radical (unpaired) electrons. The molecule has 2 aromatic carbocycles. The smallest absolute Gasteiger partial charge is 0.278 e. The summed E-state index contributed by atoms with van der Waals surface area (Å²) in [5, 5.41) is 3.22. The molecule has 0 fully saturated rings. The first-order valence-corrected chi connectivity index (χ1v) is 10.3. The summed E-state index contributed by atoms with van der Waals surface area (Å²) in [6, 6.07) is 20.9. The lowest BCUT2D eigenvalue weighted by Gasteiger charge is -2.19. The van der Waals surface area contributed by atoms with Crippen molar-refractivity contribution in [2.45, 2.75) is 32.7 Å². The average molecular weight is 412 g/mol. The fourth-order valence-electron chi connectivity index (χ4n) is 3.58. The lowest BCUT2D eigenvalue weighted by molar-refractivity contribution is -0.137. The molecular weight excluding hydrogens is 386 g/mol. The van der Waals surface area contributed by atoms with Gasteiger partial charge in [-0.15, -0.1) is 0 Å². The highest BCUT2D eigenvalue weighted by atomic mass is 16.2. The Morgan fingerprint density at radius 1 is 0.871 bits per heavy atom. The van der Waals surface area contributed by atoms with Crippen molar-refractivity contribution in [3.8, 4) is 0 Å². The average Bonchev–Trinajstić information content (AvgIpc) is 2.99. The van der Waals surface area contributed by atoms with Gasteiger partial charge in [0.05, 0.1) is 12.1 Å². The van der Waals surface area contributed by atoms with E-state index < -0.39 is 0 Å². The number of imide groups is 1. The minimum atomic E-state index is -0.340. The molecule has 1 aliphatic heterocycles. The summed E-state index contributed by atoms with van der Waals surface area (Å²) in [5.74, 6) is -0.651. The molecule has 1 aliphatic rings. The number of nitrogens with zero attached hydrogens (tertiary/aromatic N) is 2. The molecule has 2 amide bonds. The highest BCUT2D eigenvalue weighted by Gasteiger charge is 2.39. The number of hydrogen-bond acceptors (Lipinski definition) is 4. The predicted molar refractivity (Wildman–Crippen MR) is 122 cm³/mol. The first kappa shape index (κ1) is 20.5. The van der Waals surface area contributed by atoms with Crippen LogP contribution in [0.2, 0.25) is 0 Å². The van der Waals surface area contributed by atoms with Crippen molar-refractivity contribution in [3.05, 3.63) is 102 Å². The number of anilines is 1. The van der Waals surface area contributed by atoms with E-state index >= 15 is 0 Å². The van der Waals surface area contributed by atoms with Gasteiger partial charge in [-0.05, 0) is 40.3 Å². The monoisotopic (exact) mass is 411 g/mol. The van der Waals surface area contributed by atoms with Crippen LogP contribution >= 0.6 is 0 Å². The van der Waals surface area contributed by atoms with Gasteiger partial charge < -0.3 is 5.32 Å². The Kier molecular flexibility index (Phi) is 5.42. The number of nitrogens with one attached hydrogen (secondary N) is 1. The van der Waals surface area contributed by atoms with Crippen molar-refractivity contribution >= 4 is 23.1 Å². The van der Waals surface area contributed by atoms with Gasteiger partial charge in [0.1, 0.15) is 5.70 Å². The molecule has 0 saturated carbocycles. The number of rotatable bonds is 5. The minimum Gasteiger partial charge on any atom is -0.350 e. The summed E-state index contributed by atoms with van der Waals surface area (Å²) >= 11 is 0. The van der Waals surface area contributed by atoms with Crippen LogP contribution in [0.25, 0.3) is 5.57 Å². The molecule has 0 atom stereocenters. The molecule has 0 aliphatic carbocycles. The number of benzene rings is 2. The normalized spacial score (nSPS) is 14.4. The van der Waals surface area contributed by atoms with Crippen LogP contribution in [0.1, 0.15) is 37.5 Å². The van der Waals surface area contributed by atoms with E-state index in [4.69, 9.17) is 0 Å². The third kappa shape index (κ3) is 4.26. The molecule has 156 valence electrons. The zero-order valence-corrected chi connectivity index (χ0v) is 17.9. The topological polar surface area (TPSA) is 62.3 Å². The van der Waals surface area contributed by atoms with Gasteiger partial charge in [-0.2, -0.15) is 0 Å². The van der Waals surface area contributed by atoms with E-state index in [2.05, 4.69) is 31.1 Å². The first-order chi connectivity index (χ1) is 14.8. The Labute approximate surface area is 182 Å². The largest absolute Gasteiger partial charge is 0.350 e. The van der Waals surface area contributed by atoms with E-state index in [-0.39, 0.29) is 23.8 Å². The van der Waals surface area contributed by atoms with Crippen molar-refractivity contribution in [1.82, 2.24) is 9.88 Å². The SMILES string of the molecule is CC(C)(C)c1ccc(NC2=C(c3ccccc3)C(=O)N(Cc3cccnc3)C2=O)cc1. The van der Waals surface area contributed by atoms with Crippen LogP contribution in [0.4, 0.5) is 5.69 Å². The second-order valence-electron chi connectivity index (χ2n) is 8.63. The first-order valence-electron chi connectivity index (χ1n) is 10.3. The quantitative estimate of drug-likeness (QED) is 0.614. The molecule has 1 N–H and O–H groups in total. The number of hydrogen-bond donors (Lipinski definition) is 1. The third-order valence-electron chi connectivity index (χ3n) is 5.31. The lowest BCUT2D eigenvalue weighted by Crippen LogP contribution is -2.32. The molecule has 0 saturated heterocycles. The van der Waals surface area contributed by atoms with E-state index in [1.165, 1.54) is 10.5 Å². The molecule has 0 spiro atoms. The van der Waals surface area contributed by atoms with Crippen LogP contribution in [0, 0.1) is 0 Å². The molecular formula is C26H25N3O2. The van der Waals surface area contributed by atoms with Gasteiger partial charge in [0, 0.05) is 18.1 Å². The predicted octanol–water partition coefficient (Wildman–Crippen LogP) is 4.77. The summed E-state index contributed by atoms with van der Waals surface area (Å²) in [7, 11) is 0. The van der Waals surface area contributed by atoms with Crippen LogP contribution in [0.15, 0.2) is 84.8 Å². The fraction of sp³-hybridized carbons (Fsp3) is 0.192. The molecule has 5 heteroatoms. The van der Waals surface area contributed by atoms with E-state index in [9.17, 15) is 9.59 Å². The highest BCUT2D eigenvalue weighted by Crippen LogP contribution is 2.32. The van der Waals surface area contributed by atoms with Crippen LogP contribution < -0.4 is 5.32 Å². The van der Waals surface area contributed by atoms with E-state index in [1.807, 2.05) is 60.7 Å². The van der Waals surface area contributed by atoms with E-state index in [0.717, 1.165) is 11.3 Å². The van der Waals surface area contributed by atoms with E-state index in [1.54, 1.807) is 18.5 Å². The van der Waals surface area contributed by atoms with Gasteiger partial charge in [-0.1, -0.05) is 69.3 Å². The molecule has 0 bridgehead atoms. The Morgan fingerprint density at radius 2 is 1.58 bits per heavy atom. The Balaban J connectivity index is 1.69. The molecule has 0 unspecified atom stereocenters. The van der Waals surface area contributed by atoms with Crippen molar-refractivity contribution in [3.63, 3.8) is 0 Å². The number of aromatic nitrogens is 1. The second-order valence-corrected chi connectivity index (χ2v) is 8.63. The summed E-state index contributed by atoms with van der Waals surface area (Å²) < 4.78 is 0. The summed E-state index contributed by atoms with van der Waals surface area (Å²) in [6.07, 6.45) is 3.33. The molecule has 1 aromatic heterocycles. The molecule has 5 nitrogen and oxygen atoms in total. The molecule has 31 heavy (non-hydrogen) atoms. The number of amides is 2. The molecule has 4 rings (SSSR count). The summed E-state index contributed by atoms with van der Waals surface area (Å²) in [6.45, 7) is 6.64. The number of pyridine rings is 1. The molecule has 2 heterocycles. The van der Waals surface area contributed by atoms with Crippen molar-refractivity contribution < 1.29 is 9.59 Å². The lowest BCUT2D eigenvalue weighted by atomic mass is 9.87. The highest BCUT2D eigenvalue weighted by molar-refractivity contribution is 6.36. The van der Waals surface area contributed by atoms with Crippen LogP contribution in [-0.2, 0) is 21.5 Å². The van der Waals surface area contributed by atoms with Crippen LogP contribution in [-0.4, -0.2) is 21.7 Å². The van der Waals surface area contributed by atoms with Gasteiger partial charge in [0.25, 0.3) is 11.8 Å². The van der Waals surface area contributed by atoms with Gasteiger partial charge in [0.2, 0.25) is 0 Å². The van der Waals surface area contributed by atoms with Crippen molar-refractivity contribution in [1.29, 1.82) is 0 Å². The molecule has 3 aromatic rings. The Hall–Kier alpha value is -3.73. The fourth-order valence-corrected chi connectivity index (χ4v) is 3.58. The zero-order valence-electron chi connectivity index (χ0n) is 17.9. The summed E-state index contributed by atoms with van der Waals surface area (Å²) in [4.78, 5) is 32.0. The van der Waals surface area contributed by atoms with Gasteiger partial charge in [-0.3, -0.25) is 19.5 Å². The zero-order chi connectivity index (χ0) is 22.0. The third-order valence-corrected chi connectivity index (χ3v) is 5.31. The number of carbonyl (C=O) groups excluding carboxylic acids is 2. The van der Waals surface area contributed by atoms with E-state index in [0.29, 0.717) is 16.8 Å². The van der Waals surface area contributed by atoms with Crippen molar-refractivity contribution in [2.24, 2.45) is 0 Å². The maximum absolute atomic E-state index is 13.3. The number of carbonyl (C=O) groups is 2. The minimum absolute atomic E-state index is 0.0344. The standard InChI is InChI=1S/C26H25N3O2/c1-26(2,3)20-11-13-21(14-12-20)28-23-22(19-9-5-4-6-10-19)24(30)29(25(23)31)17-18-8-7-15-27-16-18/h4-16,28H,17H2,1-3H3. The second kappa shape index (κ2) is 8.19. The van der Waals surface area contributed by atoms with Crippen molar-refractivity contribution in [2.75, 3.05) is 5.32 Å². The maximum atomic E-state index is 13.3. The van der Waals surface area contributed by atoms with Gasteiger partial charge >= 0.3 is 0 Å². The Morgan fingerprint density at radius 3 is 2.19 bits per heavy atom. The maximum Gasteiger partial charge on any atom is 0.278 e. The van der Waals surface area contributed by atoms with Gasteiger partial charge in [-0.25, -0.2) is 0 Å². The van der Waals surface area contributed by atoms with Gasteiger partial charge in [0.15, 0.2) is 0 Å².